The largest absolute Gasteiger partial charge is 0.437 e. The van der Waals surface area contributed by atoms with E-state index in [9.17, 15) is 18.4 Å². The highest BCUT2D eigenvalue weighted by atomic mass is 19.1. The summed E-state index contributed by atoms with van der Waals surface area (Å²) in [5.74, 6) is -3.06. The lowest BCUT2D eigenvalue weighted by Gasteiger charge is -2.10. The lowest BCUT2D eigenvalue weighted by Crippen LogP contribution is -2.16. The number of carbonyl (C=O) groups is 1. The Labute approximate surface area is 179 Å². The monoisotopic (exact) mass is 439 g/mol. The Kier molecular flexibility index (Phi) is 5.41. The molecule has 32 heavy (non-hydrogen) atoms. The molecule has 1 aromatic carbocycles. The second kappa shape index (κ2) is 8.34. The Balaban J connectivity index is 1.63. The van der Waals surface area contributed by atoms with Crippen molar-refractivity contribution in [1.29, 1.82) is 0 Å². The smallest absolute Gasteiger partial charge is 0.388 e. The minimum absolute atomic E-state index is 0.00718. The number of aryl methyl sites for hydroxylation is 1. The van der Waals surface area contributed by atoms with Gasteiger partial charge in [-0.05, 0) is 18.2 Å². The number of amides is 1. The van der Waals surface area contributed by atoms with E-state index in [1.807, 2.05) is 0 Å². The maximum Gasteiger partial charge on any atom is 0.437 e. The molecule has 0 spiro atoms. The number of pyridine rings is 1. The van der Waals surface area contributed by atoms with Crippen LogP contribution in [0.15, 0.2) is 52.1 Å². The predicted molar refractivity (Wildman–Crippen MR) is 110 cm³/mol. The molecule has 2 N–H and O–H groups in total. The molecule has 0 unspecified atom stereocenters. The zero-order valence-corrected chi connectivity index (χ0v) is 16.8. The van der Waals surface area contributed by atoms with Crippen LogP contribution >= 0.6 is 0 Å². The molecule has 0 aliphatic heterocycles. The lowest BCUT2D eigenvalue weighted by atomic mass is 10.1. The van der Waals surface area contributed by atoms with Crippen molar-refractivity contribution in [2.24, 2.45) is 7.05 Å². The zero-order valence-electron chi connectivity index (χ0n) is 16.8. The summed E-state index contributed by atoms with van der Waals surface area (Å²) in [5, 5.41) is 9.22. The van der Waals surface area contributed by atoms with Crippen molar-refractivity contribution in [3.8, 4) is 22.7 Å². The van der Waals surface area contributed by atoms with Crippen LogP contribution in [-0.4, -0.2) is 37.7 Å². The Bertz CT molecular complexity index is 1350. The van der Waals surface area contributed by atoms with Crippen LogP contribution < -0.4 is 16.4 Å². The summed E-state index contributed by atoms with van der Waals surface area (Å²) in [6.07, 6.45) is 4.06. The van der Waals surface area contributed by atoms with Gasteiger partial charge in [-0.1, -0.05) is 6.07 Å². The fourth-order valence-corrected chi connectivity index (χ4v) is 2.86. The summed E-state index contributed by atoms with van der Waals surface area (Å²) in [6.45, 7) is 0. The molecule has 0 fully saturated rings. The van der Waals surface area contributed by atoms with Crippen LogP contribution in [0.5, 0.6) is 0 Å². The van der Waals surface area contributed by atoms with Gasteiger partial charge in [0.15, 0.2) is 5.82 Å². The van der Waals surface area contributed by atoms with Gasteiger partial charge in [-0.2, -0.15) is 4.68 Å². The normalized spacial score (nSPS) is 10.8. The second-order valence-corrected chi connectivity index (χ2v) is 6.50. The standard InChI is InChI=1S/C20H15F2N7O3/c1-23-17-11(6-10(7-26-17)19-28-29(2)20(31)32-19)14-8-25-15(9-24-14)27-18(30)16-12(21)4-3-5-13(16)22/h3-9H,1-2H3,(H,23,26)(H,25,27,30). The van der Waals surface area contributed by atoms with E-state index in [1.165, 1.54) is 25.6 Å². The molecule has 0 bridgehead atoms. The van der Waals surface area contributed by atoms with Crippen LogP contribution in [0.1, 0.15) is 10.4 Å². The molecule has 162 valence electrons. The predicted octanol–water partition coefficient (Wildman–Crippen LogP) is 2.46. The van der Waals surface area contributed by atoms with Crippen LogP contribution in [0.25, 0.3) is 22.7 Å². The first-order valence-corrected chi connectivity index (χ1v) is 9.17. The summed E-state index contributed by atoms with van der Waals surface area (Å²) in [7, 11) is 3.12. The number of nitrogens with zero attached hydrogens (tertiary/aromatic N) is 5. The number of benzene rings is 1. The summed E-state index contributed by atoms with van der Waals surface area (Å²) >= 11 is 0. The van der Waals surface area contributed by atoms with E-state index in [2.05, 4.69) is 30.7 Å². The number of nitrogens with one attached hydrogen (secondary N) is 2. The third kappa shape index (κ3) is 3.93. The molecular formula is C20H15F2N7O3. The fourth-order valence-electron chi connectivity index (χ4n) is 2.86. The molecule has 0 saturated carbocycles. The van der Waals surface area contributed by atoms with E-state index < -0.39 is 28.9 Å². The van der Waals surface area contributed by atoms with Crippen LogP contribution in [-0.2, 0) is 7.05 Å². The molecule has 0 aliphatic carbocycles. The van der Waals surface area contributed by atoms with E-state index in [0.29, 0.717) is 22.6 Å². The lowest BCUT2D eigenvalue weighted by molar-refractivity contribution is 0.101. The Morgan fingerprint density at radius 1 is 1.09 bits per heavy atom. The van der Waals surface area contributed by atoms with Crippen molar-refractivity contribution < 1.29 is 18.0 Å². The molecule has 0 aliphatic rings. The van der Waals surface area contributed by atoms with Crippen molar-refractivity contribution in [1.82, 2.24) is 24.7 Å². The van der Waals surface area contributed by atoms with Crippen molar-refractivity contribution in [3.05, 3.63) is 70.6 Å². The van der Waals surface area contributed by atoms with E-state index in [1.54, 1.807) is 13.1 Å². The van der Waals surface area contributed by atoms with E-state index >= 15 is 0 Å². The van der Waals surface area contributed by atoms with Crippen molar-refractivity contribution in [3.63, 3.8) is 0 Å². The first kappa shape index (κ1) is 20.8. The average molecular weight is 439 g/mol. The third-order valence-corrected chi connectivity index (χ3v) is 4.42. The average Bonchev–Trinajstić information content (AvgIpc) is 3.12. The van der Waals surface area contributed by atoms with E-state index in [-0.39, 0.29) is 11.7 Å². The highest BCUT2D eigenvalue weighted by Crippen LogP contribution is 2.28. The van der Waals surface area contributed by atoms with Gasteiger partial charge in [0.05, 0.1) is 23.7 Å². The van der Waals surface area contributed by atoms with Gasteiger partial charge in [0.2, 0.25) is 0 Å². The van der Waals surface area contributed by atoms with Crippen molar-refractivity contribution in [2.75, 3.05) is 17.7 Å². The highest BCUT2D eigenvalue weighted by Gasteiger charge is 2.18. The van der Waals surface area contributed by atoms with Crippen molar-refractivity contribution >= 4 is 17.5 Å². The summed E-state index contributed by atoms with van der Waals surface area (Å²) in [6, 6.07) is 4.78. The number of carbonyl (C=O) groups excluding carboxylic acids is 1. The molecule has 0 atom stereocenters. The van der Waals surface area contributed by atoms with Crippen LogP contribution in [0.4, 0.5) is 20.4 Å². The van der Waals surface area contributed by atoms with Gasteiger partial charge >= 0.3 is 5.76 Å². The minimum atomic E-state index is -0.993. The van der Waals surface area contributed by atoms with Gasteiger partial charge in [-0.3, -0.25) is 9.78 Å². The number of rotatable bonds is 5. The topological polar surface area (TPSA) is 128 Å². The molecule has 1 amide bonds. The van der Waals surface area contributed by atoms with Gasteiger partial charge in [0, 0.05) is 25.9 Å². The number of anilines is 2. The number of aromatic nitrogens is 5. The van der Waals surface area contributed by atoms with E-state index in [0.717, 1.165) is 22.9 Å². The third-order valence-electron chi connectivity index (χ3n) is 4.42. The first-order valence-electron chi connectivity index (χ1n) is 9.17. The van der Waals surface area contributed by atoms with Gasteiger partial charge in [0.1, 0.15) is 23.0 Å². The molecule has 3 heterocycles. The molecular weight excluding hydrogens is 424 g/mol. The van der Waals surface area contributed by atoms with Crippen LogP contribution in [0, 0.1) is 11.6 Å². The van der Waals surface area contributed by atoms with E-state index in [4.69, 9.17) is 4.42 Å². The zero-order chi connectivity index (χ0) is 22.8. The molecule has 0 saturated heterocycles. The maximum absolute atomic E-state index is 13.8. The Hall–Kier alpha value is -4.48. The van der Waals surface area contributed by atoms with Gasteiger partial charge < -0.3 is 15.1 Å². The SMILES string of the molecule is CNc1ncc(-c2nn(C)c(=O)o2)cc1-c1cnc(NC(=O)c2c(F)cccc2F)cn1. The Morgan fingerprint density at radius 2 is 1.84 bits per heavy atom. The molecule has 12 heteroatoms. The highest BCUT2D eigenvalue weighted by molar-refractivity contribution is 6.04. The number of hydrogen-bond donors (Lipinski definition) is 2. The first-order chi connectivity index (χ1) is 15.4. The van der Waals surface area contributed by atoms with Crippen LogP contribution in [0.3, 0.4) is 0 Å². The summed E-state index contributed by atoms with van der Waals surface area (Å²) in [5.41, 5.74) is 0.608. The summed E-state index contributed by atoms with van der Waals surface area (Å²) in [4.78, 5) is 36.4. The second-order valence-electron chi connectivity index (χ2n) is 6.50. The molecule has 3 aromatic heterocycles. The molecule has 4 aromatic rings. The number of halogens is 2. The quantitative estimate of drug-likeness (QED) is 0.485. The Morgan fingerprint density at radius 3 is 2.44 bits per heavy atom. The molecule has 0 radical (unpaired) electrons. The minimum Gasteiger partial charge on any atom is -0.388 e. The maximum atomic E-state index is 13.8. The number of hydrogen-bond acceptors (Lipinski definition) is 8. The van der Waals surface area contributed by atoms with Crippen molar-refractivity contribution in [2.45, 2.75) is 0 Å². The van der Waals surface area contributed by atoms with Gasteiger partial charge in [-0.25, -0.2) is 23.5 Å². The van der Waals surface area contributed by atoms with Crippen LogP contribution in [0.2, 0.25) is 0 Å². The molecule has 4 rings (SSSR count). The van der Waals surface area contributed by atoms with Gasteiger partial charge in [-0.15, -0.1) is 5.10 Å². The molecule has 10 nitrogen and oxygen atoms in total. The van der Waals surface area contributed by atoms with Gasteiger partial charge in [0.25, 0.3) is 11.8 Å². The summed E-state index contributed by atoms with van der Waals surface area (Å²) < 4.78 is 33.7. The fraction of sp³-hybridized carbons (Fsp3) is 0.100.